The van der Waals surface area contributed by atoms with Crippen molar-refractivity contribution in [2.24, 2.45) is 5.73 Å². The van der Waals surface area contributed by atoms with Crippen LogP contribution >= 0.6 is 12.4 Å². The quantitative estimate of drug-likeness (QED) is 0.186. The Bertz CT molecular complexity index is 1690. The maximum absolute atomic E-state index is 13.6. The fourth-order valence-electron chi connectivity index (χ4n) is 6.79. The Morgan fingerprint density at radius 2 is 1.62 bits per heavy atom. The monoisotopic (exact) mass is 668 g/mol. The number of phenols is 2. The van der Waals surface area contributed by atoms with Gasteiger partial charge in [-0.25, -0.2) is 4.79 Å². The Morgan fingerprint density at radius 1 is 1.02 bits per heavy atom. The van der Waals surface area contributed by atoms with Gasteiger partial charge >= 0.3 is 6.09 Å². The second-order valence-corrected chi connectivity index (χ2v) is 12.1. The maximum Gasteiger partial charge on any atom is 0.411 e. The van der Waals surface area contributed by atoms with Gasteiger partial charge in [0.05, 0.1) is 29.4 Å². The van der Waals surface area contributed by atoms with Crippen LogP contribution in [0.5, 0.6) is 11.5 Å². The molecule has 3 aromatic rings. The van der Waals surface area contributed by atoms with Crippen molar-refractivity contribution in [1.82, 2.24) is 0 Å². The zero-order valence-corrected chi connectivity index (χ0v) is 26.8. The molecule has 6 rings (SSSR count). The van der Waals surface area contributed by atoms with Crippen molar-refractivity contribution >= 4 is 35.8 Å². The molecule has 12 nitrogen and oxygen atoms in total. The van der Waals surface area contributed by atoms with Crippen LogP contribution < -0.4 is 11.1 Å². The van der Waals surface area contributed by atoms with E-state index < -0.39 is 71.5 Å². The molecular formula is C34H37ClN2O10. The number of amides is 1. The van der Waals surface area contributed by atoms with E-state index in [1.54, 1.807) is 49.4 Å². The summed E-state index contributed by atoms with van der Waals surface area (Å²) in [6.07, 6.45) is -5.36. The van der Waals surface area contributed by atoms with Crippen molar-refractivity contribution in [2.45, 2.75) is 75.5 Å². The summed E-state index contributed by atoms with van der Waals surface area (Å²) in [6, 6.07) is 14.3. The van der Waals surface area contributed by atoms with E-state index in [1.807, 2.05) is 0 Å². The molecular weight excluding hydrogens is 632 g/mol. The van der Waals surface area contributed by atoms with E-state index in [9.17, 15) is 29.7 Å². The molecule has 7 atom stereocenters. The van der Waals surface area contributed by atoms with Gasteiger partial charge in [-0.3, -0.25) is 14.9 Å². The number of para-hydroxylation sites is 1. The minimum atomic E-state index is -1.86. The number of methoxy groups -OCH3 is 1. The number of hydrogen-bond acceptors (Lipinski definition) is 11. The molecule has 2 aliphatic carbocycles. The molecule has 250 valence electrons. The highest BCUT2D eigenvalue weighted by molar-refractivity contribution is 6.30. The summed E-state index contributed by atoms with van der Waals surface area (Å²) in [6.45, 7) is 3.27. The Morgan fingerprint density at radius 3 is 2.21 bits per heavy atom. The molecule has 1 fully saturated rings. The molecule has 1 unspecified atom stereocenters. The molecule has 13 heteroatoms. The van der Waals surface area contributed by atoms with Crippen LogP contribution in [0.15, 0.2) is 54.6 Å². The topological polar surface area (TPSA) is 187 Å². The normalized spacial score (nSPS) is 27.0. The average Bonchev–Trinajstić information content (AvgIpc) is 3.01. The van der Waals surface area contributed by atoms with Crippen LogP contribution in [0.2, 0.25) is 0 Å². The number of aliphatic hydroxyl groups is 1. The zero-order valence-electron chi connectivity index (χ0n) is 26.0. The van der Waals surface area contributed by atoms with Gasteiger partial charge in [-0.2, -0.15) is 0 Å². The number of aromatic hydroxyl groups is 2. The molecule has 1 saturated heterocycles. The lowest BCUT2D eigenvalue weighted by atomic mass is 9.71. The molecule has 1 amide bonds. The first-order valence-electron chi connectivity index (χ1n) is 15.1. The first-order valence-corrected chi connectivity index (χ1v) is 15.1. The zero-order chi connectivity index (χ0) is 32.9. The summed E-state index contributed by atoms with van der Waals surface area (Å²) < 4.78 is 23.4. The SMILES string of the molecule is CO[C@@H]1[C@@H](N)C[C@H](O[C@H]2CC(O)([C@@H](C)OC(=O)Nc3ccccc3)Cc3c(O)c4c(c(O)c32)C(=O)c2ccccc2C4=O)O[C@@H]1C.Cl. The molecule has 3 aliphatic rings. The smallest absolute Gasteiger partial charge is 0.411 e. The van der Waals surface area contributed by atoms with Crippen LogP contribution in [0.4, 0.5) is 10.5 Å². The standard InChI is InChI=1S/C34H36N2O10.ClH/c1-16-32(43-3)22(35)13-24(44-16)46-23-15-34(42,17(2)45-33(41)36-18-9-5-4-6-10-18)14-21-25(23)31(40)27-26(30(21)39)28(37)19-11-7-8-12-20(19)29(27)38;/h4-12,16-17,22-24,32,39-40,42H,13-15,35H2,1-3H3,(H,36,41);1H/t16-,17-,22+,23+,24+,32+,34?;/m1./s1. The van der Waals surface area contributed by atoms with Crippen molar-refractivity contribution in [1.29, 1.82) is 0 Å². The van der Waals surface area contributed by atoms with E-state index in [0.29, 0.717) is 5.69 Å². The second kappa shape index (κ2) is 13.2. The first-order chi connectivity index (χ1) is 21.9. The molecule has 0 spiro atoms. The number of hydrogen-bond donors (Lipinski definition) is 5. The summed E-state index contributed by atoms with van der Waals surface area (Å²) in [5.74, 6) is -2.40. The van der Waals surface area contributed by atoms with Gasteiger partial charge in [-0.05, 0) is 26.0 Å². The van der Waals surface area contributed by atoms with Crippen LogP contribution in [0.1, 0.15) is 75.8 Å². The predicted octanol–water partition coefficient (Wildman–Crippen LogP) is 4.14. The molecule has 0 bridgehead atoms. The van der Waals surface area contributed by atoms with E-state index in [2.05, 4.69) is 5.32 Å². The second-order valence-electron chi connectivity index (χ2n) is 12.1. The van der Waals surface area contributed by atoms with Gasteiger partial charge < -0.3 is 40.0 Å². The lowest BCUT2D eigenvalue weighted by Crippen LogP contribution is -2.54. The Kier molecular flexibility index (Phi) is 9.65. The number of ketones is 2. The third-order valence-corrected chi connectivity index (χ3v) is 9.17. The van der Waals surface area contributed by atoms with Crippen molar-refractivity contribution < 1.29 is 48.7 Å². The highest BCUT2D eigenvalue weighted by atomic mass is 35.5. The number of benzene rings is 3. The number of halogens is 1. The molecule has 0 saturated carbocycles. The summed E-state index contributed by atoms with van der Waals surface area (Å²) in [5.41, 5.74) is 4.43. The van der Waals surface area contributed by atoms with Crippen molar-refractivity contribution in [3.63, 3.8) is 0 Å². The molecule has 1 aliphatic heterocycles. The van der Waals surface area contributed by atoms with Crippen LogP contribution in [0.25, 0.3) is 0 Å². The summed E-state index contributed by atoms with van der Waals surface area (Å²) in [4.78, 5) is 40.1. The number of ether oxygens (including phenoxy) is 4. The van der Waals surface area contributed by atoms with Gasteiger partial charge in [0.1, 0.15) is 23.2 Å². The van der Waals surface area contributed by atoms with E-state index in [-0.39, 0.29) is 65.1 Å². The predicted molar refractivity (Wildman–Crippen MR) is 171 cm³/mol. The molecule has 0 radical (unpaired) electrons. The largest absolute Gasteiger partial charge is 0.507 e. The van der Waals surface area contributed by atoms with Crippen LogP contribution in [0.3, 0.4) is 0 Å². The number of phenolic OH excluding ortho intramolecular Hbond substituents is 2. The van der Waals surface area contributed by atoms with E-state index in [1.165, 1.54) is 26.2 Å². The first kappa shape index (κ1) is 34.3. The van der Waals surface area contributed by atoms with Gasteiger partial charge in [-0.15, -0.1) is 12.4 Å². The average molecular weight is 669 g/mol. The lowest BCUT2D eigenvalue weighted by molar-refractivity contribution is -0.253. The van der Waals surface area contributed by atoms with Gasteiger partial charge in [0, 0.05) is 60.4 Å². The minimum absolute atomic E-state index is 0. The molecule has 3 aromatic carbocycles. The van der Waals surface area contributed by atoms with E-state index >= 15 is 0 Å². The fourth-order valence-corrected chi connectivity index (χ4v) is 6.79. The highest BCUT2D eigenvalue weighted by Gasteiger charge is 2.50. The van der Waals surface area contributed by atoms with Gasteiger partial charge in [0.15, 0.2) is 17.9 Å². The van der Waals surface area contributed by atoms with Crippen molar-refractivity contribution in [3.8, 4) is 11.5 Å². The van der Waals surface area contributed by atoms with Crippen molar-refractivity contribution in [2.75, 3.05) is 12.4 Å². The lowest BCUT2D eigenvalue weighted by Gasteiger charge is -2.44. The Labute approximate surface area is 277 Å². The maximum atomic E-state index is 13.6. The minimum Gasteiger partial charge on any atom is -0.507 e. The summed E-state index contributed by atoms with van der Waals surface area (Å²) in [5, 5.41) is 38.0. The molecule has 1 heterocycles. The third-order valence-electron chi connectivity index (χ3n) is 9.17. The molecule has 47 heavy (non-hydrogen) atoms. The van der Waals surface area contributed by atoms with E-state index in [0.717, 1.165) is 0 Å². The van der Waals surface area contributed by atoms with E-state index in [4.69, 9.17) is 24.7 Å². The number of rotatable bonds is 6. The van der Waals surface area contributed by atoms with Crippen LogP contribution in [0, 0.1) is 0 Å². The Hall–Kier alpha value is -4.04. The van der Waals surface area contributed by atoms with Crippen LogP contribution in [-0.4, -0.2) is 76.3 Å². The number of carbonyl (C=O) groups excluding carboxylic acids is 3. The highest BCUT2D eigenvalue weighted by Crippen LogP contribution is 2.52. The summed E-state index contributed by atoms with van der Waals surface area (Å²) in [7, 11) is 1.53. The number of carbonyl (C=O) groups is 3. The number of nitrogens with one attached hydrogen (secondary N) is 1. The molecule has 6 N–H and O–H groups in total. The van der Waals surface area contributed by atoms with Gasteiger partial charge in [0.25, 0.3) is 0 Å². The number of fused-ring (bicyclic) bond motifs is 3. The van der Waals surface area contributed by atoms with Crippen LogP contribution in [-0.2, 0) is 25.4 Å². The van der Waals surface area contributed by atoms with Crippen molar-refractivity contribution in [3.05, 3.63) is 88.0 Å². The van der Waals surface area contributed by atoms with Gasteiger partial charge in [-0.1, -0.05) is 42.5 Å². The van der Waals surface area contributed by atoms with Gasteiger partial charge in [0.2, 0.25) is 0 Å². The fraction of sp³-hybridized carbons (Fsp3) is 0.382. The third kappa shape index (κ3) is 6.08. The summed E-state index contributed by atoms with van der Waals surface area (Å²) >= 11 is 0. The number of anilines is 1. The Balaban J connectivity index is 0.00000433. The number of nitrogens with two attached hydrogens (primary N) is 1. The molecule has 0 aromatic heterocycles.